The van der Waals surface area contributed by atoms with Crippen molar-refractivity contribution >= 4 is 11.4 Å². The summed E-state index contributed by atoms with van der Waals surface area (Å²) in [5, 5.41) is 13.4. The quantitative estimate of drug-likeness (QED) is 0.737. The van der Waals surface area contributed by atoms with E-state index in [0.29, 0.717) is 12.2 Å². The number of aliphatic hydroxyl groups is 1. The van der Waals surface area contributed by atoms with Crippen LogP contribution in [-0.2, 0) is 0 Å². The van der Waals surface area contributed by atoms with Crippen LogP contribution < -0.4 is 11.1 Å². The fraction of sp³-hybridized carbons (Fsp3) is 0.250. The van der Waals surface area contributed by atoms with E-state index in [4.69, 9.17) is 5.73 Å². The molecule has 19 heavy (non-hydrogen) atoms. The zero-order valence-corrected chi connectivity index (χ0v) is 11.4. The highest BCUT2D eigenvalue weighted by Gasteiger charge is 2.07. The number of hydrogen-bond acceptors (Lipinski definition) is 3. The summed E-state index contributed by atoms with van der Waals surface area (Å²) in [5.41, 5.74) is 10.7. The van der Waals surface area contributed by atoms with E-state index in [2.05, 4.69) is 31.3 Å². The molecule has 0 spiro atoms. The number of aryl methyl sites for hydroxylation is 2. The Morgan fingerprint density at radius 2 is 1.89 bits per heavy atom. The highest BCUT2D eigenvalue weighted by Crippen LogP contribution is 2.18. The molecule has 0 saturated carbocycles. The van der Waals surface area contributed by atoms with Gasteiger partial charge in [0.25, 0.3) is 0 Å². The molecule has 3 heteroatoms. The Morgan fingerprint density at radius 1 is 1.11 bits per heavy atom. The molecule has 0 aliphatic heterocycles. The second-order valence-corrected chi connectivity index (χ2v) is 4.87. The molecule has 0 bridgehead atoms. The molecule has 4 N–H and O–H groups in total. The lowest BCUT2D eigenvalue weighted by Gasteiger charge is -2.14. The molecule has 1 unspecified atom stereocenters. The van der Waals surface area contributed by atoms with E-state index in [1.807, 2.05) is 24.3 Å². The summed E-state index contributed by atoms with van der Waals surface area (Å²) < 4.78 is 0. The number of hydrogen-bond donors (Lipinski definition) is 3. The van der Waals surface area contributed by atoms with Gasteiger partial charge in [-0.15, -0.1) is 0 Å². The molecule has 2 aromatic rings. The van der Waals surface area contributed by atoms with Gasteiger partial charge >= 0.3 is 0 Å². The molecule has 0 radical (unpaired) electrons. The number of rotatable bonds is 4. The molecule has 0 aliphatic carbocycles. The number of nitrogens with two attached hydrogens (primary N) is 1. The average Bonchev–Trinajstić information content (AvgIpc) is 2.40. The zero-order valence-electron chi connectivity index (χ0n) is 11.4. The molecule has 0 aliphatic rings. The molecule has 0 heterocycles. The molecule has 0 aromatic heterocycles. The predicted octanol–water partition coefficient (Wildman–Crippen LogP) is 3.03. The van der Waals surface area contributed by atoms with Crippen LogP contribution in [0.1, 0.15) is 22.8 Å². The van der Waals surface area contributed by atoms with Crippen molar-refractivity contribution in [1.29, 1.82) is 0 Å². The van der Waals surface area contributed by atoms with Gasteiger partial charge in [0.2, 0.25) is 0 Å². The summed E-state index contributed by atoms with van der Waals surface area (Å²) in [5.74, 6) is 0. The fourth-order valence-electron chi connectivity index (χ4n) is 1.95. The number of nitrogens with one attached hydrogen (secondary N) is 1. The van der Waals surface area contributed by atoms with Gasteiger partial charge in [-0.05, 0) is 54.8 Å². The van der Waals surface area contributed by atoms with E-state index < -0.39 is 6.10 Å². The van der Waals surface area contributed by atoms with E-state index in [1.54, 1.807) is 6.07 Å². The van der Waals surface area contributed by atoms with Crippen LogP contribution in [-0.4, -0.2) is 11.7 Å². The lowest BCUT2D eigenvalue weighted by atomic mass is 10.1. The SMILES string of the molecule is Cc1ccc(NCC(O)c2cccc(N)c2)cc1C. The maximum absolute atomic E-state index is 10.1. The van der Waals surface area contributed by atoms with Crippen molar-refractivity contribution in [3.63, 3.8) is 0 Å². The molecular weight excluding hydrogens is 236 g/mol. The van der Waals surface area contributed by atoms with Crippen molar-refractivity contribution in [2.24, 2.45) is 0 Å². The summed E-state index contributed by atoms with van der Waals surface area (Å²) in [6.07, 6.45) is -0.565. The Bertz CT molecular complexity index is 566. The summed E-state index contributed by atoms with van der Waals surface area (Å²) in [6, 6.07) is 13.5. The third-order valence-electron chi connectivity index (χ3n) is 3.30. The average molecular weight is 256 g/mol. The van der Waals surface area contributed by atoms with Crippen LogP contribution in [0, 0.1) is 13.8 Å². The smallest absolute Gasteiger partial charge is 0.0963 e. The Hall–Kier alpha value is -2.00. The second-order valence-electron chi connectivity index (χ2n) is 4.87. The van der Waals surface area contributed by atoms with Crippen molar-refractivity contribution in [2.45, 2.75) is 20.0 Å². The first kappa shape index (κ1) is 13.4. The summed E-state index contributed by atoms with van der Waals surface area (Å²) in [7, 11) is 0. The van der Waals surface area contributed by atoms with Gasteiger partial charge in [-0.1, -0.05) is 18.2 Å². The van der Waals surface area contributed by atoms with Crippen LogP contribution >= 0.6 is 0 Å². The summed E-state index contributed by atoms with van der Waals surface area (Å²) in [4.78, 5) is 0. The normalized spacial score (nSPS) is 12.2. The lowest BCUT2D eigenvalue weighted by molar-refractivity contribution is 0.191. The Balaban J connectivity index is 2.00. The van der Waals surface area contributed by atoms with E-state index in [9.17, 15) is 5.11 Å². The number of benzene rings is 2. The first-order valence-electron chi connectivity index (χ1n) is 6.41. The minimum atomic E-state index is -0.565. The van der Waals surface area contributed by atoms with Crippen LogP contribution in [0.3, 0.4) is 0 Å². The summed E-state index contributed by atoms with van der Waals surface area (Å²) >= 11 is 0. The Morgan fingerprint density at radius 3 is 2.58 bits per heavy atom. The van der Waals surface area contributed by atoms with E-state index in [-0.39, 0.29) is 0 Å². The molecular formula is C16H20N2O. The number of aliphatic hydroxyl groups excluding tert-OH is 1. The Kier molecular flexibility index (Phi) is 4.07. The summed E-state index contributed by atoms with van der Waals surface area (Å²) in [6.45, 7) is 4.63. The monoisotopic (exact) mass is 256 g/mol. The van der Waals surface area contributed by atoms with E-state index in [1.165, 1.54) is 11.1 Å². The van der Waals surface area contributed by atoms with Crippen LogP contribution in [0.25, 0.3) is 0 Å². The zero-order chi connectivity index (χ0) is 13.8. The van der Waals surface area contributed by atoms with Gasteiger partial charge in [0.15, 0.2) is 0 Å². The first-order valence-corrected chi connectivity index (χ1v) is 6.41. The van der Waals surface area contributed by atoms with Gasteiger partial charge in [0.1, 0.15) is 0 Å². The largest absolute Gasteiger partial charge is 0.399 e. The van der Waals surface area contributed by atoms with Crippen LogP contribution in [0.15, 0.2) is 42.5 Å². The van der Waals surface area contributed by atoms with Gasteiger partial charge in [-0.3, -0.25) is 0 Å². The van der Waals surface area contributed by atoms with Crippen molar-refractivity contribution in [3.05, 3.63) is 59.2 Å². The standard InChI is InChI=1S/C16H20N2O/c1-11-6-7-15(8-12(11)2)18-10-16(19)13-4-3-5-14(17)9-13/h3-9,16,18-19H,10,17H2,1-2H3. The highest BCUT2D eigenvalue weighted by atomic mass is 16.3. The van der Waals surface area contributed by atoms with Crippen LogP contribution in [0.5, 0.6) is 0 Å². The van der Waals surface area contributed by atoms with Gasteiger partial charge < -0.3 is 16.2 Å². The first-order chi connectivity index (χ1) is 9.06. The minimum absolute atomic E-state index is 0.464. The van der Waals surface area contributed by atoms with Crippen molar-refractivity contribution in [2.75, 3.05) is 17.6 Å². The van der Waals surface area contributed by atoms with E-state index in [0.717, 1.165) is 11.3 Å². The maximum Gasteiger partial charge on any atom is 0.0963 e. The lowest BCUT2D eigenvalue weighted by Crippen LogP contribution is -2.12. The molecule has 100 valence electrons. The third-order valence-corrected chi connectivity index (χ3v) is 3.30. The van der Waals surface area contributed by atoms with E-state index >= 15 is 0 Å². The van der Waals surface area contributed by atoms with Gasteiger partial charge in [0, 0.05) is 17.9 Å². The second kappa shape index (κ2) is 5.76. The number of nitrogen functional groups attached to an aromatic ring is 1. The third kappa shape index (κ3) is 3.48. The fourth-order valence-corrected chi connectivity index (χ4v) is 1.95. The van der Waals surface area contributed by atoms with Gasteiger partial charge in [-0.2, -0.15) is 0 Å². The maximum atomic E-state index is 10.1. The molecule has 0 amide bonds. The molecule has 2 aromatic carbocycles. The molecule has 0 saturated heterocycles. The van der Waals surface area contributed by atoms with Crippen molar-refractivity contribution in [3.8, 4) is 0 Å². The Labute approximate surface area is 114 Å². The van der Waals surface area contributed by atoms with Crippen molar-refractivity contribution < 1.29 is 5.11 Å². The highest BCUT2D eigenvalue weighted by molar-refractivity contribution is 5.48. The molecule has 2 rings (SSSR count). The molecule has 3 nitrogen and oxygen atoms in total. The van der Waals surface area contributed by atoms with Gasteiger partial charge in [-0.25, -0.2) is 0 Å². The molecule has 1 atom stereocenters. The topological polar surface area (TPSA) is 58.3 Å². The predicted molar refractivity (Wildman–Crippen MR) is 80.2 cm³/mol. The number of anilines is 2. The van der Waals surface area contributed by atoms with Crippen LogP contribution in [0.2, 0.25) is 0 Å². The molecule has 0 fully saturated rings. The van der Waals surface area contributed by atoms with Crippen LogP contribution in [0.4, 0.5) is 11.4 Å². The van der Waals surface area contributed by atoms with Crippen molar-refractivity contribution in [1.82, 2.24) is 0 Å². The minimum Gasteiger partial charge on any atom is -0.399 e. The van der Waals surface area contributed by atoms with Gasteiger partial charge in [0.05, 0.1) is 6.10 Å².